The lowest BCUT2D eigenvalue weighted by Gasteiger charge is -2.16. The van der Waals surface area contributed by atoms with E-state index in [2.05, 4.69) is 5.32 Å². The monoisotopic (exact) mass is 286 g/mol. The Morgan fingerprint density at radius 3 is 2.75 bits per heavy atom. The third-order valence-electron chi connectivity index (χ3n) is 3.53. The van der Waals surface area contributed by atoms with Gasteiger partial charge < -0.3 is 11.1 Å². The molecule has 3 nitrogen and oxygen atoms in total. The Morgan fingerprint density at radius 2 is 2.00 bits per heavy atom. The molecule has 0 bridgehead atoms. The van der Waals surface area contributed by atoms with Crippen LogP contribution in [0.25, 0.3) is 0 Å². The molecule has 0 saturated carbocycles. The molecule has 20 heavy (non-hydrogen) atoms. The summed E-state index contributed by atoms with van der Waals surface area (Å²) < 4.78 is 0. The van der Waals surface area contributed by atoms with Crippen LogP contribution in [-0.2, 0) is 17.6 Å². The summed E-state index contributed by atoms with van der Waals surface area (Å²) in [6, 6.07) is 13.5. The van der Waals surface area contributed by atoms with Crippen LogP contribution in [0.3, 0.4) is 0 Å². The highest BCUT2D eigenvalue weighted by atomic mass is 35.5. The molecule has 0 fully saturated rings. The Kier molecular flexibility index (Phi) is 3.47. The second-order valence-corrected chi connectivity index (χ2v) is 5.49. The zero-order valence-electron chi connectivity index (χ0n) is 10.9. The summed E-state index contributed by atoms with van der Waals surface area (Å²) in [5.41, 5.74) is 10.1. The van der Waals surface area contributed by atoms with Gasteiger partial charge in [0.2, 0.25) is 5.91 Å². The minimum atomic E-state index is -0.191. The predicted molar refractivity (Wildman–Crippen MR) is 80.9 cm³/mol. The summed E-state index contributed by atoms with van der Waals surface area (Å²) in [6.07, 6.45) is 1.09. The maximum atomic E-state index is 11.5. The molecule has 102 valence electrons. The molecule has 0 saturated heterocycles. The quantitative estimate of drug-likeness (QED) is 0.911. The summed E-state index contributed by atoms with van der Waals surface area (Å²) in [7, 11) is 0. The molecular weight excluding hydrogens is 272 g/mol. The van der Waals surface area contributed by atoms with Gasteiger partial charge in [0.25, 0.3) is 0 Å². The van der Waals surface area contributed by atoms with E-state index in [9.17, 15) is 4.79 Å². The van der Waals surface area contributed by atoms with E-state index in [1.165, 1.54) is 0 Å². The van der Waals surface area contributed by atoms with Gasteiger partial charge in [0.15, 0.2) is 0 Å². The molecule has 1 aliphatic rings. The number of benzene rings is 2. The number of hydrogen-bond donors (Lipinski definition) is 2. The predicted octanol–water partition coefficient (Wildman–Crippen LogP) is 3.08. The smallest absolute Gasteiger partial charge is 0.228 e. The molecule has 2 aromatic rings. The lowest BCUT2D eigenvalue weighted by atomic mass is 9.96. The van der Waals surface area contributed by atoms with Crippen LogP contribution in [-0.4, -0.2) is 5.91 Å². The maximum absolute atomic E-state index is 11.5. The minimum absolute atomic E-state index is 0.00423. The lowest BCUT2D eigenvalue weighted by Crippen LogP contribution is -2.15. The Morgan fingerprint density at radius 1 is 1.25 bits per heavy atom. The molecule has 1 amide bonds. The van der Waals surface area contributed by atoms with Crippen LogP contribution in [0.15, 0.2) is 42.5 Å². The van der Waals surface area contributed by atoms with Gasteiger partial charge >= 0.3 is 0 Å². The van der Waals surface area contributed by atoms with E-state index >= 15 is 0 Å². The van der Waals surface area contributed by atoms with E-state index in [1.54, 1.807) is 0 Å². The molecule has 3 N–H and O–H groups in total. The maximum Gasteiger partial charge on any atom is 0.228 e. The fourth-order valence-electron chi connectivity index (χ4n) is 2.61. The van der Waals surface area contributed by atoms with Crippen molar-refractivity contribution in [3.8, 4) is 0 Å². The molecule has 0 radical (unpaired) electrons. The number of nitrogens with two attached hydrogens (primary N) is 1. The second kappa shape index (κ2) is 5.27. The number of amides is 1. The molecule has 1 heterocycles. The number of fused-ring (bicyclic) bond motifs is 1. The van der Waals surface area contributed by atoms with Crippen LogP contribution >= 0.6 is 11.6 Å². The fraction of sp³-hybridized carbons (Fsp3) is 0.188. The van der Waals surface area contributed by atoms with Crippen molar-refractivity contribution in [3.05, 3.63) is 64.2 Å². The first kappa shape index (κ1) is 13.2. The second-order valence-electron chi connectivity index (χ2n) is 5.05. The van der Waals surface area contributed by atoms with Gasteiger partial charge in [0.05, 0.1) is 6.42 Å². The highest BCUT2D eigenvalue weighted by molar-refractivity contribution is 6.31. The molecule has 1 aliphatic heterocycles. The van der Waals surface area contributed by atoms with E-state index < -0.39 is 0 Å². The number of anilines is 1. The third-order valence-corrected chi connectivity index (χ3v) is 3.75. The zero-order chi connectivity index (χ0) is 14.1. The van der Waals surface area contributed by atoms with Crippen molar-refractivity contribution >= 4 is 23.2 Å². The van der Waals surface area contributed by atoms with Crippen molar-refractivity contribution in [1.82, 2.24) is 0 Å². The molecule has 2 aromatic carbocycles. The van der Waals surface area contributed by atoms with Crippen molar-refractivity contribution < 1.29 is 4.79 Å². The van der Waals surface area contributed by atoms with Gasteiger partial charge in [-0.05, 0) is 35.2 Å². The minimum Gasteiger partial charge on any atom is -0.325 e. The lowest BCUT2D eigenvalue weighted by molar-refractivity contribution is -0.115. The van der Waals surface area contributed by atoms with Crippen LogP contribution in [0.1, 0.15) is 22.7 Å². The summed E-state index contributed by atoms with van der Waals surface area (Å²) in [5, 5.41) is 3.51. The number of nitrogens with one attached hydrogen (secondary N) is 1. The number of hydrogen-bond acceptors (Lipinski definition) is 2. The first-order valence-corrected chi connectivity index (χ1v) is 6.93. The van der Waals surface area contributed by atoms with Gasteiger partial charge in [-0.2, -0.15) is 0 Å². The first-order chi connectivity index (χ1) is 9.63. The van der Waals surface area contributed by atoms with E-state index in [4.69, 9.17) is 17.3 Å². The third kappa shape index (κ3) is 2.55. The largest absolute Gasteiger partial charge is 0.325 e. The van der Waals surface area contributed by atoms with Gasteiger partial charge in [0.1, 0.15) is 0 Å². The number of halogens is 1. The Labute approximate surface area is 122 Å². The van der Waals surface area contributed by atoms with Crippen LogP contribution in [0, 0.1) is 0 Å². The molecule has 0 aromatic heterocycles. The normalized spacial score (nSPS) is 14.8. The van der Waals surface area contributed by atoms with Crippen molar-refractivity contribution in [2.24, 2.45) is 5.73 Å². The highest BCUT2D eigenvalue weighted by Gasteiger charge is 2.24. The van der Waals surface area contributed by atoms with Crippen molar-refractivity contribution in [1.29, 1.82) is 0 Å². The van der Waals surface area contributed by atoms with Crippen molar-refractivity contribution in [3.63, 3.8) is 0 Å². The van der Waals surface area contributed by atoms with Gasteiger partial charge in [-0.3, -0.25) is 4.79 Å². The van der Waals surface area contributed by atoms with E-state index in [0.29, 0.717) is 17.9 Å². The van der Waals surface area contributed by atoms with Crippen LogP contribution in [0.5, 0.6) is 0 Å². The first-order valence-electron chi connectivity index (χ1n) is 6.55. The molecule has 1 unspecified atom stereocenters. The standard InChI is InChI=1S/C16H15ClN2O/c17-12-7-11-8-15(20)19-16(11)13(9-12)14(18)6-10-4-2-1-3-5-10/h1-5,7,9,14H,6,8,18H2,(H,19,20). The number of carbonyl (C=O) groups excluding carboxylic acids is 1. The number of carbonyl (C=O) groups is 1. The average molecular weight is 287 g/mol. The van der Waals surface area contributed by atoms with Gasteiger partial charge in [-0.1, -0.05) is 41.9 Å². The van der Waals surface area contributed by atoms with E-state index in [1.807, 2.05) is 42.5 Å². The Hall–Kier alpha value is -1.84. The molecule has 0 aliphatic carbocycles. The summed E-state index contributed by atoms with van der Waals surface area (Å²) >= 11 is 6.13. The van der Waals surface area contributed by atoms with Crippen molar-refractivity contribution in [2.75, 3.05) is 5.32 Å². The Balaban J connectivity index is 1.92. The summed E-state index contributed by atoms with van der Waals surface area (Å²) in [5.74, 6) is -0.00423. The SMILES string of the molecule is NC(Cc1ccccc1)c1cc(Cl)cc2c1NC(=O)C2. The van der Waals surface area contributed by atoms with Gasteiger partial charge in [-0.15, -0.1) is 0 Å². The molecule has 4 heteroatoms. The highest BCUT2D eigenvalue weighted by Crippen LogP contribution is 2.34. The molecule has 0 spiro atoms. The van der Waals surface area contributed by atoms with E-state index in [-0.39, 0.29) is 11.9 Å². The summed E-state index contributed by atoms with van der Waals surface area (Å²) in [4.78, 5) is 11.5. The topological polar surface area (TPSA) is 55.1 Å². The number of rotatable bonds is 3. The zero-order valence-corrected chi connectivity index (χ0v) is 11.7. The van der Waals surface area contributed by atoms with Crippen LogP contribution in [0.4, 0.5) is 5.69 Å². The fourth-order valence-corrected chi connectivity index (χ4v) is 2.85. The summed E-state index contributed by atoms with van der Waals surface area (Å²) in [6.45, 7) is 0. The van der Waals surface area contributed by atoms with Crippen molar-refractivity contribution in [2.45, 2.75) is 18.9 Å². The Bertz CT molecular complexity index is 655. The average Bonchev–Trinajstić information content (AvgIpc) is 2.78. The molecule has 1 atom stereocenters. The van der Waals surface area contributed by atoms with E-state index in [0.717, 1.165) is 22.4 Å². The van der Waals surface area contributed by atoms with Crippen LogP contribution in [0.2, 0.25) is 5.02 Å². The van der Waals surface area contributed by atoms with Crippen LogP contribution < -0.4 is 11.1 Å². The molecule has 3 rings (SSSR count). The molecular formula is C16H15ClN2O. The van der Waals surface area contributed by atoms with Gasteiger partial charge in [0, 0.05) is 16.8 Å². The van der Waals surface area contributed by atoms with Gasteiger partial charge in [-0.25, -0.2) is 0 Å².